The molecule has 45 heavy (non-hydrogen) atoms. The van der Waals surface area contributed by atoms with E-state index in [1.165, 1.54) is 0 Å². The van der Waals surface area contributed by atoms with E-state index >= 15 is 0 Å². The number of rotatable bonds is 12. The Morgan fingerprint density at radius 3 is 0.378 bits per heavy atom. The number of hydrogen-bond acceptors (Lipinski definition) is 1. The second-order valence-corrected chi connectivity index (χ2v) is 55.3. The third-order valence-electron chi connectivity index (χ3n) is 8.77. The van der Waals surface area contributed by atoms with Gasteiger partial charge in [0.05, 0.1) is 0 Å². The van der Waals surface area contributed by atoms with Crippen LogP contribution < -0.4 is 0 Å². The van der Waals surface area contributed by atoms with Crippen LogP contribution in [-0.4, -0.2) is 77.2 Å². The summed E-state index contributed by atoms with van der Waals surface area (Å²) in [7, 11) is 0. The van der Waals surface area contributed by atoms with Gasteiger partial charge in [-0.15, -0.1) is 0 Å². The third kappa shape index (κ3) is 29.0. The molecule has 0 saturated carbocycles. The van der Waals surface area contributed by atoms with Crippen LogP contribution in [0.1, 0.15) is 166 Å². The molecule has 0 fully saturated rings. The molecule has 0 aliphatic carbocycles. The molecule has 0 aromatic rings. The Balaban J connectivity index is -0.0000000657. The maximum absolute atomic E-state index is 10.4. The van der Waals surface area contributed by atoms with Crippen molar-refractivity contribution in [3.63, 3.8) is 0 Å². The van der Waals surface area contributed by atoms with Crippen molar-refractivity contribution >= 4 is 56.6 Å². The van der Waals surface area contributed by atoms with Crippen LogP contribution in [0.4, 0.5) is 0 Å². The molecule has 0 rings (SSSR count). The fraction of sp³-hybridized carbons (Fsp3) is 1.00. The van der Waals surface area contributed by atoms with E-state index in [-0.39, 0.29) is 38.1 Å². The zero-order chi connectivity index (χ0) is 34.2. The maximum Gasteiger partial charge on any atom is 0 e. The number of hydrogen-bond donors (Lipinski definition) is 1. The van der Waals surface area contributed by atoms with Gasteiger partial charge in [-0.1, -0.05) is 0 Å². The van der Waals surface area contributed by atoms with E-state index in [2.05, 4.69) is 166 Å². The summed E-state index contributed by atoms with van der Waals surface area (Å²) < 4.78 is 21.0. The summed E-state index contributed by atoms with van der Waals surface area (Å²) in [5.41, 5.74) is 0. The molecule has 0 amide bonds. The Labute approximate surface area is 319 Å². The average molecular weight is 926 g/mol. The van der Waals surface area contributed by atoms with Gasteiger partial charge in [-0.3, -0.25) is 0 Å². The fourth-order valence-electron chi connectivity index (χ4n) is 8.00. The van der Waals surface area contributed by atoms with Crippen LogP contribution in [0.5, 0.6) is 0 Å². The standard InChI is InChI=1S/C9H22GeO.3C9H21Ge.3H2O.Ti/c1-7(2)10(11,8(3)4)9(5)6;3*1-7(2)10(8(3)4)9(5)6;;;;/h7-9,11H,1-6H3;3*7-9H,1-6H3;3*1H2;. The molecule has 7 N–H and O–H groups in total. The summed E-state index contributed by atoms with van der Waals surface area (Å²) in [4.78, 5) is 0. The summed E-state index contributed by atoms with van der Waals surface area (Å²) in [6.45, 7) is 56.2. The van der Waals surface area contributed by atoms with Gasteiger partial charge in [-0.2, -0.15) is 0 Å². The average Bonchev–Trinajstić information content (AvgIpc) is 2.70. The van der Waals surface area contributed by atoms with Gasteiger partial charge < -0.3 is 16.4 Å². The molecule has 0 aliphatic rings. The van der Waals surface area contributed by atoms with Crippen molar-refractivity contribution in [3.05, 3.63) is 0 Å². The van der Waals surface area contributed by atoms with E-state index in [0.717, 1.165) is 42.8 Å². The van der Waals surface area contributed by atoms with Crippen LogP contribution in [0.15, 0.2) is 0 Å². The van der Waals surface area contributed by atoms with E-state index in [1.54, 1.807) is 0 Å². The van der Waals surface area contributed by atoms with Gasteiger partial charge in [0.25, 0.3) is 0 Å². The molecule has 0 aromatic carbocycles. The van der Waals surface area contributed by atoms with Crippen molar-refractivity contribution < 1.29 is 42.3 Å². The minimum atomic E-state index is -2.50. The molecule has 4 nitrogen and oxygen atoms in total. The van der Waals surface area contributed by atoms with Gasteiger partial charge in [0.2, 0.25) is 0 Å². The molecule has 0 aliphatic heterocycles. The topological polar surface area (TPSA) is 115 Å². The zero-order valence-electron chi connectivity index (χ0n) is 35.4. The van der Waals surface area contributed by atoms with Crippen LogP contribution in [0.3, 0.4) is 0 Å². The molecule has 279 valence electrons. The molecule has 0 heterocycles. The van der Waals surface area contributed by atoms with E-state index in [1.807, 2.05) is 0 Å². The molecule has 0 bridgehead atoms. The van der Waals surface area contributed by atoms with Crippen LogP contribution in [0.2, 0.25) is 57.0 Å². The summed E-state index contributed by atoms with van der Waals surface area (Å²) in [6.07, 6.45) is 0. The molecule has 0 aromatic heterocycles. The molecule has 0 spiro atoms. The maximum atomic E-state index is 10.4. The van der Waals surface area contributed by atoms with Crippen molar-refractivity contribution in [1.29, 1.82) is 0 Å². The molecule has 9 heteroatoms. The van der Waals surface area contributed by atoms with Gasteiger partial charge in [0.1, 0.15) is 0 Å². The predicted octanol–water partition coefficient (Wildman–Crippen LogP) is 11.8. The summed E-state index contributed by atoms with van der Waals surface area (Å²) in [6, 6.07) is 0. The quantitative estimate of drug-likeness (QED) is 0.193. The molecular weight excluding hydrogens is 835 g/mol. The first-order chi connectivity index (χ1) is 18.2. The minimum absolute atomic E-state index is 0. The van der Waals surface area contributed by atoms with E-state index in [0.29, 0.717) is 14.3 Å². The van der Waals surface area contributed by atoms with Crippen molar-refractivity contribution in [3.8, 4) is 0 Å². The fourth-order valence-corrected chi connectivity index (χ4v) is 41.6. The summed E-state index contributed by atoms with van der Waals surface area (Å²) in [5, 5.41) is 0. The van der Waals surface area contributed by atoms with Crippen molar-refractivity contribution in [1.82, 2.24) is 0 Å². The van der Waals surface area contributed by atoms with Crippen LogP contribution >= 0.6 is 0 Å². The van der Waals surface area contributed by atoms with Gasteiger partial charge in [-0.05, 0) is 0 Å². The van der Waals surface area contributed by atoms with E-state index in [9.17, 15) is 4.13 Å². The first kappa shape index (κ1) is 66.0. The van der Waals surface area contributed by atoms with Gasteiger partial charge in [-0.25, -0.2) is 0 Å². The first-order valence-corrected chi connectivity index (χ1v) is 33.0. The Bertz CT molecular complexity index is 462. The summed E-state index contributed by atoms with van der Waals surface area (Å²) in [5.74, 6) is 0. The molecular formula is C36H91Ge4O4Ti. The third-order valence-corrected chi connectivity index (χ3v) is 45.6. The Kier molecular flexibility index (Phi) is 49.7. The van der Waals surface area contributed by atoms with Crippen LogP contribution in [-0.2, 0) is 21.7 Å². The minimum Gasteiger partial charge on any atom is -0.412 e. The van der Waals surface area contributed by atoms with Crippen LogP contribution in [0, 0.1) is 0 Å². The van der Waals surface area contributed by atoms with Crippen LogP contribution in [0.25, 0.3) is 0 Å². The second kappa shape index (κ2) is 33.8. The van der Waals surface area contributed by atoms with Crippen molar-refractivity contribution in [2.75, 3.05) is 0 Å². The zero-order valence-corrected chi connectivity index (χ0v) is 45.3. The molecule has 0 unspecified atom stereocenters. The monoisotopic (exact) mass is 931 g/mol. The Morgan fingerprint density at radius 1 is 0.289 bits per heavy atom. The smallest absolute Gasteiger partial charge is 0 e. The van der Waals surface area contributed by atoms with Gasteiger partial charge in [0.15, 0.2) is 0 Å². The first-order valence-electron chi connectivity index (χ1n) is 17.5. The SMILES string of the molecule is C[CH](C)[Ge]([CH](C)C)[CH](C)C.C[CH](C)[Ge]([CH](C)C)[CH](C)C.C[CH](C)[Ge]([CH](C)C)[CH](C)C.C[CH](C)[Ge]([OH])([CH](C)C)[CH](C)C.O.O.O.[Ti]. The van der Waals surface area contributed by atoms with E-state index < -0.39 is 56.6 Å². The van der Waals surface area contributed by atoms with Crippen molar-refractivity contribution in [2.45, 2.75) is 223 Å². The largest absolute Gasteiger partial charge is 0.412 e. The van der Waals surface area contributed by atoms with Gasteiger partial charge >= 0.3 is 284 Å². The predicted molar refractivity (Wildman–Crippen MR) is 217 cm³/mol. The van der Waals surface area contributed by atoms with Gasteiger partial charge in [0, 0.05) is 21.7 Å². The Morgan fingerprint density at radius 2 is 0.378 bits per heavy atom. The summed E-state index contributed by atoms with van der Waals surface area (Å²) >= 11 is -4.67. The molecule has 0 saturated heterocycles. The Hall–Kier alpha value is 2.73. The molecule has 3 radical (unpaired) electrons. The normalized spacial score (nSPS) is 11.7. The van der Waals surface area contributed by atoms with E-state index in [4.69, 9.17) is 0 Å². The van der Waals surface area contributed by atoms with Crippen molar-refractivity contribution in [2.24, 2.45) is 0 Å². The second-order valence-electron chi connectivity index (χ2n) is 16.2. The molecule has 0 atom stereocenters.